The molecule has 2 aliphatic rings. The van der Waals surface area contributed by atoms with Gasteiger partial charge in [-0.3, -0.25) is 9.36 Å². The van der Waals surface area contributed by atoms with Crippen LogP contribution >= 0.6 is 22.7 Å². The SMILES string of the molecule is CCOC(=O)C1=C(C)N=c2s/c(=C/c3cc(C)n(-c4sc5c(c4C#N)CCCC5)c3C)c(=O)n2[C@H]1c1ccccc1OC(C)C. The van der Waals surface area contributed by atoms with Gasteiger partial charge in [0.1, 0.15) is 22.9 Å². The molecule has 0 radical (unpaired) electrons. The number of benzene rings is 1. The van der Waals surface area contributed by atoms with Crippen LogP contribution in [-0.2, 0) is 22.4 Å². The summed E-state index contributed by atoms with van der Waals surface area (Å²) >= 11 is 3.01. The van der Waals surface area contributed by atoms with Gasteiger partial charge >= 0.3 is 5.97 Å². The molecule has 0 fully saturated rings. The number of aryl methyl sites for hydroxylation is 2. The summed E-state index contributed by atoms with van der Waals surface area (Å²) in [4.78, 5) is 34.2. The van der Waals surface area contributed by atoms with Crippen molar-refractivity contribution in [2.75, 3.05) is 6.61 Å². The smallest absolute Gasteiger partial charge is 0.338 e. The van der Waals surface area contributed by atoms with Gasteiger partial charge in [-0.1, -0.05) is 29.5 Å². The molecule has 6 rings (SSSR count). The average molecular weight is 641 g/mol. The van der Waals surface area contributed by atoms with Crippen molar-refractivity contribution in [1.82, 2.24) is 9.13 Å². The van der Waals surface area contributed by atoms with Crippen LogP contribution < -0.4 is 19.6 Å². The molecule has 1 aliphatic heterocycles. The lowest BCUT2D eigenvalue weighted by Crippen LogP contribution is -2.40. The van der Waals surface area contributed by atoms with E-state index in [9.17, 15) is 14.9 Å². The van der Waals surface area contributed by atoms with Gasteiger partial charge in [-0.15, -0.1) is 11.3 Å². The second-order valence-electron chi connectivity index (χ2n) is 11.7. The summed E-state index contributed by atoms with van der Waals surface area (Å²) in [7, 11) is 0. The summed E-state index contributed by atoms with van der Waals surface area (Å²) in [6.07, 6.45) is 6.02. The fraction of sp³-hybridized carbons (Fsp3) is 0.371. The Balaban J connectivity index is 1.53. The Bertz CT molecular complexity index is 2080. The number of para-hydroxylation sites is 1. The monoisotopic (exact) mass is 640 g/mol. The number of carbonyl (C=O) groups is 1. The Morgan fingerprint density at radius 2 is 1.93 bits per heavy atom. The molecular weight excluding hydrogens is 605 g/mol. The summed E-state index contributed by atoms with van der Waals surface area (Å²) in [5, 5.41) is 11.1. The zero-order valence-corrected chi connectivity index (χ0v) is 28.0. The molecule has 8 nitrogen and oxygen atoms in total. The number of hydrogen-bond acceptors (Lipinski definition) is 8. The van der Waals surface area contributed by atoms with Gasteiger partial charge in [-0.2, -0.15) is 5.26 Å². The first-order valence-electron chi connectivity index (χ1n) is 15.3. The van der Waals surface area contributed by atoms with Crippen LogP contribution in [0.4, 0.5) is 0 Å². The van der Waals surface area contributed by atoms with E-state index in [4.69, 9.17) is 14.5 Å². The molecule has 10 heteroatoms. The van der Waals surface area contributed by atoms with E-state index in [0.29, 0.717) is 31.9 Å². The van der Waals surface area contributed by atoms with Crippen LogP contribution in [0.1, 0.15) is 85.1 Å². The number of rotatable bonds is 7. The summed E-state index contributed by atoms with van der Waals surface area (Å²) in [5.41, 5.74) is 6.10. The molecule has 0 saturated carbocycles. The molecule has 0 amide bonds. The van der Waals surface area contributed by atoms with Gasteiger partial charge in [0.2, 0.25) is 0 Å². The van der Waals surface area contributed by atoms with E-state index < -0.39 is 12.0 Å². The van der Waals surface area contributed by atoms with Gasteiger partial charge in [0.05, 0.1) is 34.1 Å². The van der Waals surface area contributed by atoms with Crippen molar-refractivity contribution in [2.24, 2.45) is 4.99 Å². The van der Waals surface area contributed by atoms with Crippen LogP contribution in [0.2, 0.25) is 0 Å². The minimum atomic E-state index is -0.763. The van der Waals surface area contributed by atoms with Crippen molar-refractivity contribution < 1.29 is 14.3 Å². The third-order valence-corrected chi connectivity index (χ3v) is 10.6. The molecule has 1 atom stereocenters. The Kier molecular flexibility index (Phi) is 8.42. The van der Waals surface area contributed by atoms with Crippen molar-refractivity contribution >= 4 is 34.7 Å². The summed E-state index contributed by atoms with van der Waals surface area (Å²) in [6.45, 7) is 11.7. The molecule has 45 heavy (non-hydrogen) atoms. The van der Waals surface area contributed by atoms with E-state index >= 15 is 0 Å². The standard InChI is InChI=1S/C35H36N4O4S2/c1-7-42-34(41)30-21(5)37-35-39(31(30)25-13-8-10-14-27(25)43-19(2)3)32(40)29(45-35)17-23-16-20(4)38(22(23)6)33-26(18-36)24-12-9-11-15-28(24)44-33/h8,10,13-14,16-17,19,31H,7,9,11-12,15H2,1-6H3/b29-17+/t31-/m0/s1. The summed E-state index contributed by atoms with van der Waals surface area (Å²) < 4.78 is 15.9. The number of hydrogen-bond donors (Lipinski definition) is 0. The van der Waals surface area contributed by atoms with Crippen LogP contribution in [0, 0.1) is 25.2 Å². The number of ether oxygens (including phenoxy) is 2. The highest BCUT2D eigenvalue weighted by molar-refractivity contribution is 7.15. The molecule has 0 bridgehead atoms. The lowest BCUT2D eigenvalue weighted by Gasteiger charge is -2.26. The highest BCUT2D eigenvalue weighted by Gasteiger charge is 2.35. The van der Waals surface area contributed by atoms with Crippen molar-refractivity contribution in [3.05, 3.63) is 99.8 Å². The van der Waals surface area contributed by atoms with Crippen molar-refractivity contribution in [3.63, 3.8) is 0 Å². The van der Waals surface area contributed by atoms with Gasteiger partial charge in [0, 0.05) is 21.8 Å². The first-order valence-corrected chi connectivity index (χ1v) is 17.0. The maximum atomic E-state index is 14.3. The molecule has 4 aromatic rings. The van der Waals surface area contributed by atoms with Gasteiger partial charge < -0.3 is 14.0 Å². The Hall–Kier alpha value is -4.20. The summed E-state index contributed by atoms with van der Waals surface area (Å²) in [5.74, 6) is 0.0898. The van der Waals surface area contributed by atoms with E-state index in [1.54, 1.807) is 29.8 Å². The maximum Gasteiger partial charge on any atom is 0.338 e. The minimum Gasteiger partial charge on any atom is -0.491 e. The number of fused-ring (bicyclic) bond motifs is 2. The fourth-order valence-corrected chi connectivity index (χ4v) is 8.85. The third-order valence-electron chi connectivity index (χ3n) is 8.32. The Labute approximate surface area is 270 Å². The van der Waals surface area contributed by atoms with Crippen LogP contribution in [0.15, 0.2) is 51.4 Å². The average Bonchev–Trinajstić information content (AvgIpc) is 3.61. The molecule has 0 N–H and O–H groups in total. The predicted molar refractivity (Wildman–Crippen MR) is 177 cm³/mol. The predicted octanol–water partition coefficient (Wildman–Crippen LogP) is 5.81. The molecule has 4 heterocycles. The van der Waals surface area contributed by atoms with Gasteiger partial charge in [-0.05, 0) is 96.6 Å². The first kappa shape index (κ1) is 30.8. The highest BCUT2D eigenvalue weighted by Crippen LogP contribution is 2.39. The van der Waals surface area contributed by atoms with E-state index in [1.807, 2.05) is 58.0 Å². The topological polar surface area (TPSA) is 98.6 Å². The maximum absolute atomic E-state index is 14.3. The lowest BCUT2D eigenvalue weighted by molar-refractivity contribution is -0.139. The second kappa shape index (κ2) is 12.3. The van der Waals surface area contributed by atoms with E-state index in [1.165, 1.54) is 21.8 Å². The van der Waals surface area contributed by atoms with Crippen molar-refractivity contribution in [2.45, 2.75) is 79.4 Å². The number of nitrogens with zero attached hydrogens (tertiary/aromatic N) is 4. The quantitative estimate of drug-likeness (QED) is 0.238. The lowest BCUT2D eigenvalue weighted by atomic mass is 9.95. The zero-order valence-electron chi connectivity index (χ0n) is 26.4. The number of carbonyl (C=O) groups excluding carboxylic acids is 1. The number of nitriles is 1. The molecule has 1 aliphatic carbocycles. The Morgan fingerprint density at radius 1 is 1.18 bits per heavy atom. The molecule has 0 unspecified atom stereocenters. The number of thiophene rings is 1. The van der Waals surface area contributed by atoms with E-state index in [0.717, 1.165) is 53.2 Å². The van der Waals surface area contributed by atoms with Crippen LogP contribution in [0.3, 0.4) is 0 Å². The van der Waals surface area contributed by atoms with Crippen LogP contribution in [-0.4, -0.2) is 27.8 Å². The normalized spacial score (nSPS) is 16.3. The number of allylic oxidation sites excluding steroid dienone is 1. The van der Waals surface area contributed by atoms with Gasteiger partial charge in [0.25, 0.3) is 5.56 Å². The van der Waals surface area contributed by atoms with Crippen LogP contribution in [0.5, 0.6) is 5.75 Å². The molecule has 232 valence electrons. The molecule has 0 saturated heterocycles. The molecule has 3 aromatic heterocycles. The fourth-order valence-electron chi connectivity index (χ4n) is 6.37. The molecule has 0 spiro atoms. The number of esters is 1. The van der Waals surface area contributed by atoms with E-state index in [-0.39, 0.29) is 18.3 Å². The van der Waals surface area contributed by atoms with Crippen LogP contribution in [0.25, 0.3) is 11.1 Å². The summed E-state index contributed by atoms with van der Waals surface area (Å²) in [6, 6.07) is 11.3. The number of thiazole rings is 1. The second-order valence-corrected chi connectivity index (χ2v) is 13.8. The van der Waals surface area contributed by atoms with Gasteiger partial charge in [-0.25, -0.2) is 9.79 Å². The highest BCUT2D eigenvalue weighted by atomic mass is 32.1. The van der Waals surface area contributed by atoms with Crippen molar-refractivity contribution in [3.8, 4) is 16.8 Å². The van der Waals surface area contributed by atoms with E-state index in [2.05, 4.69) is 16.7 Å². The Morgan fingerprint density at radius 3 is 2.67 bits per heavy atom. The largest absolute Gasteiger partial charge is 0.491 e. The molecular formula is C35H36N4O4S2. The van der Waals surface area contributed by atoms with Crippen molar-refractivity contribution in [1.29, 1.82) is 5.26 Å². The third kappa shape index (κ3) is 5.38. The minimum absolute atomic E-state index is 0.108. The molecule has 1 aromatic carbocycles. The number of aromatic nitrogens is 2. The zero-order chi connectivity index (χ0) is 32.0. The first-order chi connectivity index (χ1) is 21.6. The van der Waals surface area contributed by atoms with Gasteiger partial charge in [0.15, 0.2) is 4.80 Å².